The molecule has 0 unspecified atom stereocenters. The van der Waals surface area contributed by atoms with Crippen LogP contribution in [-0.2, 0) is 16.6 Å². The number of hydrogen-bond acceptors (Lipinski definition) is 5. The van der Waals surface area contributed by atoms with Crippen molar-refractivity contribution in [2.45, 2.75) is 24.6 Å². The minimum atomic E-state index is -3.38. The van der Waals surface area contributed by atoms with Crippen LogP contribution in [-0.4, -0.2) is 60.5 Å². The summed E-state index contributed by atoms with van der Waals surface area (Å²) in [6.45, 7) is 1.92. The molecule has 1 aromatic carbocycles. The van der Waals surface area contributed by atoms with Gasteiger partial charge in [-0.2, -0.15) is 4.31 Å². The van der Waals surface area contributed by atoms with Gasteiger partial charge in [0.2, 0.25) is 10.0 Å². The Morgan fingerprint density at radius 2 is 1.79 bits per heavy atom. The lowest BCUT2D eigenvalue weighted by molar-refractivity contribution is 0.0759. The summed E-state index contributed by atoms with van der Waals surface area (Å²) in [5, 5.41) is -0.420. The molecule has 3 heterocycles. The molecule has 2 saturated heterocycles. The Kier molecular flexibility index (Phi) is 5.56. The third kappa shape index (κ3) is 4.00. The number of amides is 1. The topological polar surface area (TPSA) is 79.8 Å². The highest BCUT2D eigenvalue weighted by Crippen LogP contribution is 2.35. The molecule has 8 heteroatoms. The Balaban J connectivity index is 1.44. The number of nitrogens with zero attached hydrogens (tertiary/aromatic N) is 3. The fourth-order valence-electron chi connectivity index (χ4n) is 4.27. The molecule has 29 heavy (non-hydrogen) atoms. The number of aromatic nitrogens is 1. The third-order valence-electron chi connectivity index (χ3n) is 5.89. The van der Waals surface area contributed by atoms with E-state index in [2.05, 4.69) is 4.98 Å². The van der Waals surface area contributed by atoms with Gasteiger partial charge >= 0.3 is 0 Å². The van der Waals surface area contributed by atoms with Crippen molar-refractivity contribution in [2.75, 3.05) is 26.7 Å². The molecule has 2 fully saturated rings. The van der Waals surface area contributed by atoms with Gasteiger partial charge in [0.15, 0.2) is 0 Å². The van der Waals surface area contributed by atoms with Gasteiger partial charge in [-0.3, -0.25) is 9.78 Å². The fraction of sp³-hybridized carbons (Fsp3) is 0.429. The first kappa shape index (κ1) is 19.8. The molecule has 4 rings (SSSR count). The van der Waals surface area contributed by atoms with Crippen LogP contribution >= 0.6 is 0 Å². The van der Waals surface area contributed by atoms with Gasteiger partial charge in [-0.25, -0.2) is 8.42 Å². The minimum absolute atomic E-state index is 0.0495. The lowest BCUT2D eigenvalue weighted by Gasteiger charge is -2.22. The van der Waals surface area contributed by atoms with Gasteiger partial charge in [0, 0.05) is 44.1 Å². The summed E-state index contributed by atoms with van der Waals surface area (Å²) in [5.41, 5.74) is 1.54. The average molecular weight is 416 g/mol. The molecule has 1 amide bonds. The summed E-state index contributed by atoms with van der Waals surface area (Å²) in [5.74, 6) is 0.746. The number of fused-ring (bicyclic) bond motifs is 1. The highest BCUT2D eigenvalue weighted by atomic mass is 32.2. The van der Waals surface area contributed by atoms with Crippen molar-refractivity contribution < 1.29 is 17.9 Å². The van der Waals surface area contributed by atoms with Crippen molar-refractivity contribution in [3.8, 4) is 5.75 Å². The molecule has 0 bridgehead atoms. The molecule has 0 aliphatic carbocycles. The Hall–Kier alpha value is -2.45. The van der Waals surface area contributed by atoms with E-state index in [4.69, 9.17) is 4.74 Å². The second kappa shape index (κ2) is 8.12. The summed E-state index contributed by atoms with van der Waals surface area (Å²) >= 11 is 0. The maximum absolute atomic E-state index is 13.1. The quantitative estimate of drug-likeness (QED) is 0.765. The van der Waals surface area contributed by atoms with Crippen molar-refractivity contribution in [1.29, 1.82) is 0 Å². The van der Waals surface area contributed by atoms with Gasteiger partial charge in [-0.15, -0.1) is 0 Å². The monoisotopic (exact) mass is 415 g/mol. The zero-order valence-corrected chi connectivity index (χ0v) is 17.2. The minimum Gasteiger partial charge on any atom is -0.497 e. The van der Waals surface area contributed by atoms with Crippen molar-refractivity contribution in [1.82, 2.24) is 14.2 Å². The predicted octanol–water partition coefficient (Wildman–Crippen LogP) is 2.16. The number of carbonyl (C=O) groups excluding carboxylic acids is 1. The number of rotatable bonds is 4. The van der Waals surface area contributed by atoms with Crippen LogP contribution in [0, 0.1) is 5.92 Å². The molecular formula is C21H25N3O4S. The van der Waals surface area contributed by atoms with E-state index in [1.807, 2.05) is 24.3 Å². The van der Waals surface area contributed by atoms with E-state index >= 15 is 0 Å². The summed E-state index contributed by atoms with van der Waals surface area (Å²) in [4.78, 5) is 18.4. The number of pyridine rings is 1. The van der Waals surface area contributed by atoms with Crippen LogP contribution in [0.25, 0.3) is 0 Å². The normalized spacial score (nSPS) is 24.0. The van der Waals surface area contributed by atoms with E-state index in [0.29, 0.717) is 44.6 Å². The van der Waals surface area contributed by atoms with Crippen LogP contribution < -0.4 is 4.74 Å². The van der Waals surface area contributed by atoms with Crippen molar-refractivity contribution in [3.05, 3.63) is 59.9 Å². The fourth-order valence-corrected chi connectivity index (χ4v) is 6.49. The van der Waals surface area contributed by atoms with Gasteiger partial charge in [0.05, 0.1) is 12.4 Å². The Morgan fingerprint density at radius 1 is 1.10 bits per heavy atom. The number of carbonyl (C=O) groups is 1. The van der Waals surface area contributed by atoms with Crippen molar-refractivity contribution in [2.24, 2.45) is 5.92 Å². The number of likely N-dealkylation sites (tertiary alicyclic amines) is 1. The summed E-state index contributed by atoms with van der Waals surface area (Å²) in [7, 11) is -1.78. The molecule has 2 aliphatic rings. The molecule has 2 atom stereocenters. The van der Waals surface area contributed by atoms with E-state index in [9.17, 15) is 13.2 Å². The second-order valence-corrected chi connectivity index (χ2v) is 9.74. The third-order valence-corrected chi connectivity index (χ3v) is 8.28. The van der Waals surface area contributed by atoms with Crippen LogP contribution in [0.2, 0.25) is 0 Å². The first-order valence-electron chi connectivity index (χ1n) is 9.80. The van der Waals surface area contributed by atoms with Gasteiger partial charge in [0.1, 0.15) is 5.75 Å². The van der Waals surface area contributed by atoms with Crippen LogP contribution in [0.15, 0.2) is 48.8 Å². The van der Waals surface area contributed by atoms with Crippen LogP contribution in [0.4, 0.5) is 0 Å². The zero-order valence-electron chi connectivity index (χ0n) is 16.4. The van der Waals surface area contributed by atoms with E-state index in [1.54, 1.807) is 40.8 Å². The molecular weight excluding hydrogens is 390 g/mol. The Morgan fingerprint density at radius 3 is 2.48 bits per heavy atom. The summed E-state index contributed by atoms with van der Waals surface area (Å²) in [6, 6.07) is 10.9. The summed E-state index contributed by atoms with van der Waals surface area (Å²) in [6.07, 6.45) is 4.37. The first-order chi connectivity index (χ1) is 14.0. The smallest absolute Gasteiger partial charge is 0.253 e. The average Bonchev–Trinajstić information content (AvgIpc) is 2.88. The van der Waals surface area contributed by atoms with Crippen LogP contribution in [0.5, 0.6) is 5.75 Å². The van der Waals surface area contributed by atoms with Gasteiger partial charge < -0.3 is 9.64 Å². The van der Waals surface area contributed by atoms with Gasteiger partial charge in [-0.05, 0) is 48.6 Å². The molecule has 1 aromatic heterocycles. The van der Waals surface area contributed by atoms with E-state index in [1.165, 1.54) is 0 Å². The van der Waals surface area contributed by atoms with E-state index in [0.717, 1.165) is 11.3 Å². The molecule has 154 valence electrons. The zero-order chi connectivity index (χ0) is 20.4. The van der Waals surface area contributed by atoms with Crippen molar-refractivity contribution in [3.63, 3.8) is 0 Å². The number of methoxy groups -OCH3 is 1. The number of hydrogen-bond donors (Lipinski definition) is 0. The lowest BCUT2D eigenvalue weighted by atomic mass is 10.0. The molecule has 2 aromatic rings. The molecule has 0 saturated carbocycles. The van der Waals surface area contributed by atoms with Gasteiger partial charge in [-0.1, -0.05) is 12.1 Å². The molecule has 2 aliphatic heterocycles. The molecule has 0 spiro atoms. The standard InChI is InChI=1S/C21H25N3O4S/c1-28-19-4-2-16(3-5-19)14-24-15-18-8-12-23(13-9-20(18)29(24,26)27)21(25)17-6-10-22-11-7-17/h2-7,10-11,18,20H,8-9,12-15H2,1H3/t18-,20-/m0/s1. The van der Waals surface area contributed by atoms with Gasteiger partial charge in [0.25, 0.3) is 5.91 Å². The SMILES string of the molecule is COc1ccc(CN2C[C@@H]3CCN(C(=O)c4ccncc4)CC[C@@H]3S2(=O)=O)cc1. The molecule has 0 N–H and O–H groups in total. The van der Waals surface area contributed by atoms with E-state index in [-0.39, 0.29) is 11.8 Å². The van der Waals surface area contributed by atoms with Crippen molar-refractivity contribution >= 4 is 15.9 Å². The van der Waals surface area contributed by atoms with E-state index < -0.39 is 15.3 Å². The van der Waals surface area contributed by atoms with Crippen LogP contribution in [0.1, 0.15) is 28.8 Å². The highest BCUT2D eigenvalue weighted by molar-refractivity contribution is 7.90. The highest BCUT2D eigenvalue weighted by Gasteiger charge is 2.47. The number of benzene rings is 1. The predicted molar refractivity (Wildman–Crippen MR) is 109 cm³/mol. The molecule has 7 nitrogen and oxygen atoms in total. The second-order valence-electron chi connectivity index (χ2n) is 7.59. The Labute approximate surface area is 171 Å². The maximum atomic E-state index is 13.1. The molecule has 0 radical (unpaired) electrons. The number of ether oxygens (including phenoxy) is 1. The largest absolute Gasteiger partial charge is 0.497 e. The maximum Gasteiger partial charge on any atom is 0.253 e. The Bertz CT molecular complexity index is 963. The van der Waals surface area contributed by atoms with Crippen LogP contribution in [0.3, 0.4) is 0 Å². The lowest BCUT2D eigenvalue weighted by Crippen LogP contribution is -2.34. The number of sulfonamides is 1. The first-order valence-corrected chi connectivity index (χ1v) is 11.3. The summed E-state index contributed by atoms with van der Waals surface area (Å²) < 4.78 is 33.1.